The van der Waals surface area contributed by atoms with E-state index in [4.69, 9.17) is 14.2 Å². The average molecular weight is 405 g/mol. The molecule has 5 aliphatic rings. The highest BCUT2D eigenvalue weighted by Crippen LogP contribution is 2.75. The van der Waals surface area contributed by atoms with Crippen LogP contribution in [0.3, 0.4) is 0 Å². The number of epoxide rings is 1. The molecule has 1 saturated heterocycles. The van der Waals surface area contributed by atoms with E-state index in [9.17, 15) is 14.4 Å². The maximum absolute atomic E-state index is 13.6. The van der Waals surface area contributed by atoms with E-state index >= 15 is 0 Å². The van der Waals surface area contributed by atoms with Crippen LogP contribution in [0.25, 0.3) is 0 Å². The topological polar surface area (TPSA) is 82.2 Å². The monoisotopic (exact) mass is 404 g/mol. The maximum Gasteiger partial charge on any atom is 0.309 e. The molecule has 4 aliphatic carbocycles. The van der Waals surface area contributed by atoms with Crippen LogP contribution in [0.2, 0.25) is 0 Å². The fourth-order valence-corrected chi connectivity index (χ4v) is 8.30. The average Bonchev–Trinajstić information content (AvgIpc) is 3.32. The number of Topliss-reactive ketones (excluding diaryl/α,β-unsaturated/α-hetero) is 1. The van der Waals surface area contributed by atoms with Crippen molar-refractivity contribution in [3.63, 3.8) is 0 Å². The lowest BCUT2D eigenvalue weighted by molar-refractivity contribution is -0.179. The van der Waals surface area contributed by atoms with E-state index in [0.29, 0.717) is 24.5 Å². The normalized spacial score (nSPS) is 52.5. The quantitative estimate of drug-likeness (QED) is 0.520. The Morgan fingerprint density at radius 3 is 2.59 bits per heavy atom. The molecule has 0 amide bonds. The molecule has 0 radical (unpaired) electrons. The summed E-state index contributed by atoms with van der Waals surface area (Å²) in [6, 6.07) is 0. The molecule has 29 heavy (non-hydrogen) atoms. The van der Waals surface area contributed by atoms with Crippen molar-refractivity contribution in [2.75, 3.05) is 7.11 Å². The lowest BCUT2D eigenvalue weighted by Gasteiger charge is -2.59. The van der Waals surface area contributed by atoms with Gasteiger partial charge in [0.1, 0.15) is 17.5 Å². The van der Waals surface area contributed by atoms with Crippen LogP contribution in [0.5, 0.6) is 0 Å². The van der Waals surface area contributed by atoms with E-state index in [1.54, 1.807) is 0 Å². The van der Waals surface area contributed by atoms with E-state index in [2.05, 4.69) is 13.8 Å². The molecule has 0 aromatic rings. The molecule has 0 aromatic heterocycles. The van der Waals surface area contributed by atoms with Crippen LogP contribution in [0, 0.1) is 34.5 Å². The van der Waals surface area contributed by atoms with Crippen LogP contribution >= 0.6 is 0 Å². The zero-order valence-electron chi connectivity index (χ0n) is 17.9. The van der Waals surface area contributed by atoms with Gasteiger partial charge < -0.3 is 14.2 Å². The van der Waals surface area contributed by atoms with Gasteiger partial charge in [-0.1, -0.05) is 13.8 Å². The second-order valence-electron chi connectivity index (χ2n) is 10.6. The summed E-state index contributed by atoms with van der Waals surface area (Å²) in [5, 5.41) is 0. The minimum Gasteiger partial charge on any atom is -0.469 e. The fourth-order valence-electron chi connectivity index (χ4n) is 8.30. The number of ether oxygens (including phenoxy) is 3. The van der Waals surface area contributed by atoms with Gasteiger partial charge in [-0.25, -0.2) is 0 Å². The van der Waals surface area contributed by atoms with Crippen LogP contribution in [-0.4, -0.2) is 42.6 Å². The van der Waals surface area contributed by atoms with Crippen LogP contribution in [0.4, 0.5) is 0 Å². The number of hydrogen-bond donors (Lipinski definition) is 0. The van der Waals surface area contributed by atoms with Crippen LogP contribution in [0.1, 0.15) is 65.7 Å². The van der Waals surface area contributed by atoms with Crippen molar-refractivity contribution < 1.29 is 28.6 Å². The van der Waals surface area contributed by atoms with Gasteiger partial charge in [-0.05, 0) is 49.9 Å². The van der Waals surface area contributed by atoms with Crippen molar-refractivity contribution in [1.29, 1.82) is 0 Å². The predicted octanol–water partition coefficient (Wildman–Crippen LogP) is 3.06. The molecule has 160 valence electrons. The number of ketones is 1. The minimum absolute atomic E-state index is 0.0194. The molecule has 4 saturated carbocycles. The van der Waals surface area contributed by atoms with Gasteiger partial charge in [-0.15, -0.1) is 0 Å². The highest BCUT2D eigenvalue weighted by Gasteiger charge is 2.83. The molecule has 0 unspecified atom stereocenters. The minimum atomic E-state index is -0.457. The van der Waals surface area contributed by atoms with Gasteiger partial charge in [-0.3, -0.25) is 14.4 Å². The SMILES string of the molecule is COC(=O)[C@@H]1C[C@@H]2O[C@@]23[C@@H]2CC[C@@H]4C[C@H](OC(C)=O)CC[C@]4(C)[C@H]2C(=O)C[C@]13C. The summed E-state index contributed by atoms with van der Waals surface area (Å²) in [7, 11) is 1.43. The number of rotatable bonds is 2. The van der Waals surface area contributed by atoms with E-state index in [1.165, 1.54) is 14.0 Å². The van der Waals surface area contributed by atoms with Gasteiger partial charge in [-0.2, -0.15) is 0 Å². The van der Waals surface area contributed by atoms with Crippen molar-refractivity contribution in [1.82, 2.24) is 0 Å². The van der Waals surface area contributed by atoms with Gasteiger partial charge in [0.25, 0.3) is 0 Å². The van der Waals surface area contributed by atoms with E-state index < -0.39 is 5.41 Å². The van der Waals surface area contributed by atoms with Gasteiger partial charge >= 0.3 is 11.9 Å². The van der Waals surface area contributed by atoms with E-state index in [1.807, 2.05) is 0 Å². The van der Waals surface area contributed by atoms with Gasteiger partial charge in [0.05, 0.1) is 19.1 Å². The third kappa shape index (κ3) is 2.35. The lowest BCUT2D eigenvalue weighted by atomic mass is 9.44. The first-order valence-corrected chi connectivity index (χ1v) is 11.1. The number of fused-ring (bicyclic) bond motifs is 3. The van der Waals surface area contributed by atoms with E-state index in [-0.39, 0.29) is 52.9 Å². The van der Waals surface area contributed by atoms with Crippen molar-refractivity contribution in [2.45, 2.75) is 83.5 Å². The van der Waals surface area contributed by atoms with Gasteiger partial charge in [0, 0.05) is 30.6 Å². The number of carbonyl (C=O) groups is 3. The van der Waals surface area contributed by atoms with Gasteiger partial charge in [0.2, 0.25) is 0 Å². The summed E-state index contributed by atoms with van der Waals surface area (Å²) in [5.74, 6) is 0.184. The molecule has 1 heterocycles. The second-order valence-corrected chi connectivity index (χ2v) is 10.6. The zero-order chi connectivity index (χ0) is 20.8. The highest BCUT2D eigenvalue weighted by molar-refractivity contribution is 5.87. The summed E-state index contributed by atoms with van der Waals surface area (Å²) in [5.41, 5.74) is -0.876. The summed E-state index contributed by atoms with van der Waals surface area (Å²) in [4.78, 5) is 37.5. The summed E-state index contributed by atoms with van der Waals surface area (Å²) >= 11 is 0. The molecule has 5 fully saturated rings. The third-order valence-electron chi connectivity index (χ3n) is 9.55. The zero-order valence-corrected chi connectivity index (χ0v) is 17.9. The van der Waals surface area contributed by atoms with Crippen LogP contribution < -0.4 is 0 Å². The first kappa shape index (κ1) is 19.5. The molecule has 1 spiro atoms. The van der Waals surface area contributed by atoms with E-state index in [0.717, 1.165) is 32.1 Å². The van der Waals surface area contributed by atoms with Crippen molar-refractivity contribution in [2.24, 2.45) is 34.5 Å². The molecule has 1 aliphatic heterocycles. The molecule has 0 N–H and O–H groups in total. The molecule has 9 atom stereocenters. The molecule has 6 nitrogen and oxygen atoms in total. The lowest BCUT2D eigenvalue weighted by Crippen LogP contribution is -2.62. The molecule has 0 bridgehead atoms. The standard InChI is InChI=1S/C23H32O6/c1-12(24)28-14-7-8-21(2)13(9-14)5-6-15-19(21)17(25)11-22(3)16(20(26)27-4)10-18-23(15,22)29-18/h13-16,18-19H,5-11H2,1-4H3/t13-,14-,15-,16+,18+,19-,21+,22-,23+/m1/s1. The predicted molar refractivity (Wildman–Crippen MR) is 103 cm³/mol. The largest absolute Gasteiger partial charge is 0.469 e. The second kappa shape index (κ2) is 6.05. The van der Waals surface area contributed by atoms with Crippen LogP contribution in [-0.2, 0) is 28.6 Å². The fraction of sp³-hybridized carbons (Fsp3) is 0.870. The Hall–Kier alpha value is -1.43. The smallest absolute Gasteiger partial charge is 0.309 e. The van der Waals surface area contributed by atoms with Crippen LogP contribution in [0.15, 0.2) is 0 Å². The molecule has 5 rings (SSSR count). The maximum atomic E-state index is 13.6. The van der Waals surface area contributed by atoms with Crippen molar-refractivity contribution >= 4 is 17.7 Å². The Balaban J connectivity index is 1.46. The molecular weight excluding hydrogens is 372 g/mol. The first-order chi connectivity index (χ1) is 13.7. The number of carbonyl (C=O) groups excluding carboxylic acids is 3. The van der Waals surface area contributed by atoms with Crippen molar-refractivity contribution in [3.05, 3.63) is 0 Å². The highest BCUT2D eigenvalue weighted by atomic mass is 16.6. The first-order valence-electron chi connectivity index (χ1n) is 11.1. The number of hydrogen-bond acceptors (Lipinski definition) is 6. The number of esters is 2. The molecule has 6 heteroatoms. The Labute approximate surface area is 172 Å². The Kier molecular flexibility index (Phi) is 4.08. The Morgan fingerprint density at radius 2 is 1.90 bits per heavy atom. The third-order valence-corrected chi connectivity index (χ3v) is 9.55. The Morgan fingerprint density at radius 1 is 1.14 bits per heavy atom. The van der Waals surface area contributed by atoms with Gasteiger partial charge in [0.15, 0.2) is 0 Å². The molecule has 0 aromatic carbocycles. The summed E-state index contributed by atoms with van der Waals surface area (Å²) in [6.07, 6.45) is 5.69. The van der Waals surface area contributed by atoms with Crippen molar-refractivity contribution in [3.8, 4) is 0 Å². The number of methoxy groups -OCH3 is 1. The Bertz CT molecular complexity index is 777. The molecular formula is C23H32O6. The summed E-state index contributed by atoms with van der Waals surface area (Å²) in [6.45, 7) is 5.83. The summed E-state index contributed by atoms with van der Waals surface area (Å²) < 4.78 is 17.0.